The Morgan fingerprint density at radius 3 is 1.08 bits per heavy atom. The van der Waals surface area contributed by atoms with Gasteiger partial charge in [0.2, 0.25) is 0 Å². The van der Waals surface area contributed by atoms with E-state index in [0.29, 0.717) is 12.8 Å². The van der Waals surface area contributed by atoms with Crippen molar-refractivity contribution in [2.45, 2.75) is 225 Å². The van der Waals surface area contributed by atoms with Gasteiger partial charge in [0, 0.05) is 12.8 Å². The SMILES string of the molecule is CC/C=C\C/C=C\C/C=C\C/C=C\C/C=C\C/C=C\C/C=C\C/C=C\CCCCCCCCC(=O)OC(CO)COC(=O)CCCCCCCCCCCCCCCCC. The van der Waals surface area contributed by atoms with Crippen LogP contribution in [0.4, 0.5) is 0 Å². The van der Waals surface area contributed by atoms with E-state index >= 15 is 0 Å². The molecule has 0 fully saturated rings. The maximum Gasteiger partial charge on any atom is 0.306 e. The number of ether oxygens (including phenoxy) is 2. The number of aliphatic hydroxyl groups excluding tert-OH is 1. The second kappa shape index (κ2) is 50.2. The molecule has 0 spiro atoms. The van der Waals surface area contributed by atoms with Gasteiger partial charge in [-0.3, -0.25) is 9.59 Å². The second-order valence-corrected chi connectivity index (χ2v) is 16.2. The lowest BCUT2D eigenvalue weighted by atomic mass is 10.0. The fourth-order valence-corrected chi connectivity index (χ4v) is 6.69. The number of aliphatic hydroxyl groups is 1. The summed E-state index contributed by atoms with van der Waals surface area (Å²) in [6, 6.07) is 0. The predicted octanol–water partition coefficient (Wildman–Crippen LogP) is 16.4. The molecular weight excluding hydrogens is 741 g/mol. The molecule has 1 unspecified atom stereocenters. The van der Waals surface area contributed by atoms with Crippen LogP contribution in [0.15, 0.2) is 97.2 Å². The van der Waals surface area contributed by atoms with E-state index in [1.807, 2.05) is 0 Å². The normalized spacial score (nSPS) is 13.1. The van der Waals surface area contributed by atoms with Crippen LogP contribution in [0, 0.1) is 0 Å². The van der Waals surface area contributed by atoms with E-state index in [2.05, 4.69) is 111 Å². The Morgan fingerprint density at radius 1 is 0.400 bits per heavy atom. The molecule has 1 atom stereocenters. The average Bonchev–Trinajstić information content (AvgIpc) is 3.25. The molecule has 1 N–H and O–H groups in total. The van der Waals surface area contributed by atoms with E-state index in [1.54, 1.807) is 0 Å². The van der Waals surface area contributed by atoms with E-state index in [4.69, 9.17) is 9.47 Å². The minimum atomic E-state index is -0.784. The van der Waals surface area contributed by atoms with E-state index in [0.717, 1.165) is 96.3 Å². The first-order valence-corrected chi connectivity index (χ1v) is 24.8. The van der Waals surface area contributed by atoms with Gasteiger partial charge < -0.3 is 14.6 Å². The molecule has 0 aliphatic heterocycles. The van der Waals surface area contributed by atoms with Gasteiger partial charge in [0.1, 0.15) is 6.61 Å². The third-order valence-corrected chi connectivity index (χ3v) is 10.4. The lowest BCUT2D eigenvalue weighted by molar-refractivity contribution is -0.161. The number of unbranched alkanes of at least 4 members (excludes halogenated alkanes) is 20. The summed E-state index contributed by atoms with van der Waals surface area (Å²) >= 11 is 0. The van der Waals surface area contributed by atoms with Gasteiger partial charge in [-0.2, -0.15) is 0 Å². The van der Waals surface area contributed by atoms with Crippen LogP contribution < -0.4 is 0 Å². The highest BCUT2D eigenvalue weighted by Crippen LogP contribution is 2.15. The van der Waals surface area contributed by atoms with Crippen molar-refractivity contribution in [3.05, 3.63) is 97.2 Å². The van der Waals surface area contributed by atoms with Crippen molar-refractivity contribution in [1.82, 2.24) is 0 Å². The number of carbonyl (C=O) groups is 2. The number of hydrogen-bond donors (Lipinski definition) is 1. The molecule has 0 rings (SSSR count). The topological polar surface area (TPSA) is 72.8 Å². The largest absolute Gasteiger partial charge is 0.462 e. The first-order valence-electron chi connectivity index (χ1n) is 24.8. The van der Waals surface area contributed by atoms with Gasteiger partial charge >= 0.3 is 11.9 Å². The predicted molar refractivity (Wildman–Crippen MR) is 260 cm³/mol. The van der Waals surface area contributed by atoms with E-state index in [1.165, 1.54) is 96.3 Å². The molecule has 0 aliphatic carbocycles. The maximum absolute atomic E-state index is 12.3. The minimum Gasteiger partial charge on any atom is -0.462 e. The summed E-state index contributed by atoms with van der Waals surface area (Å²) in [5, 5.41) is 9.61. The van der Waals surface area contributed by atoms with Crippen molar-refractivity contribution in [3.8, 4) is 0 Å². The van der Waals surface area contributed by atoms with Crippen LogP contribution in [0.5, 0.6) is 0 Å². The van der Waals surface area contributed by atoms with Gasteiger partial charge in [0.25, 0.3) is 0 Å². The quantitative estimate of drug-likeness (QED) is 0.0376. The van der Waals surface area contributed by atoms with Gasteiger partial charge in [0.15, 0.2) is 6.10 Å². The van der Waals surface area contributed by atoms with Crippen molar-refractivity contribution in [2.24, 2.45) is 0 Å². The molecule has 0 heterocycles. The van der Waals surface area contributed by atoms with Gasteiger partial charge in [-0.25, -0.2) is 0 Å². The number of hydrogen-bond acceptors (Lipinski definition) is 5. The zero-order valence-corrected chi connectivity index (χ0v) is 38.9. The van der Waals surface area contributed by atoms with E-state index < -0.39 is 6.10 Å². The van der Waals surface area contributed by atoms with Crippen LogP contribution in [0.3, 0.4) is 0 Å². The summed E-state index contributed by atoms with van der Waals surface area (Å²) in [5.74, 6) is -0.608. The minimum absolute atomic E-state index is 0.0745. The molecule has 0 aliphatic rings. The fraction of sp³-hybridized carbons (Fsp3) is 0.673. The van der Waals surface area contributed by atoms with Crippen molar-refractivity contribution in [2.75, 3.05) is 13.2 Å². The molecule has 0 saturated heterocycles. The molecule has 5 nitrogen and oxygen atoms in total. The van der Waals surface area contributed by atoms with Gasteiger partial charge in [-0.15, -0.1) is 0 Å². The number of allylic oxidation sites excluding steroid dienone is 16. The van der Waals surface area contributed by atoms with Crippen molar-refractivity contribution in [1.29, 1.82) is 0 Å². The zero-order chi connectivity index (χ0) is 43.5. The molecule has 342 valence electrons. The summed E-state index contributed by atoms with van der Waals surface area (Å²) in [4.78, 5) is 24.4. The van der Waals surface area contributed by atoms with Crippen LogP contribution in [0.25, 0.3) is 0 Å². The lowest BCUT2D eigenvalue weighted by Crippen LogP contribution is -2.28. The molecule has 0 aromatic heterocycles. The Hall–Kier alpha value is -3.18. The molecule has 5 heteroatoms. The van der Waals surface area contributed by atoms with Crippen LogP contribution in [0.2, 0.25) is 0 Å². The van der Waals surface area contributed by atoms with Gasteiger partial charge in [-0.1, -0.05) is 227 Å². The van der Waals surface area contributed by atoms with Crippen molar-refractivity contribution < 1.29 is 24.2 Å². The molecule has 0 amide bonds. The Balaban J connectivity index is 3.61. The highest BCUT2D eigenvalue weighted by atomic mass is 16.6. The second-order valence-electron chi connectivity index (χ2n) is 16.2. The molecular formula is C55H92O5. The Kier molecular flexibility index (Phi) is 47.5. The smallest absolute Gasteiger partial charge is 0.306 e. The van der Waals surface area contributed by atoms with E-state index in [9.17, 15) is 14.7 Å². The fourth-order valence-electron chi connectivity index (χ4n) is 6.69. The summed E-state index contributed by atoms with van der Waals surface area (Å²) in [7, 11) is 0. The highest BCUT2D eigenvalue weighted by molar-refractivity contribution is 5.70. The standard InChI is InChI=1S/C55H92O5/c1-3-5-7-9-11-13-15-17-19-20-21-22-23-24-25-26-27-28-29-30-31-32-33-34-36-38-40-42-44-46-48-50-55(58)60-53(51-56)52-59-54(57)49-47-45-43-41-39-37-35-18-16-14-12-10-8-6-4-2/h5,7,11,13,17,19,21-22,24-25,27-28,30-31,33-34,53,56H,3-4,6,8-10,12,14-16,18,20,23,26,29,32,35-52H2,1-2H3/b7-5-,13-11-,19-17-,22-21-,25-24-,28-27-,31-30-,34-33-. The summed E-state index contributed by atoms with van der Waals surface area (Å²) < 4.78 is 10.6. The first-order chi connectivity index (χ1) is 29.6. The van der Waals surface area contributed by atoms with E-state index in [-0.39, 0.29) is 25.2 Å². The monoisotopic (exact) mass is 833 g/mol. The molecule has 60 heavy (non-hydrogen) atoms. The van der Waals surface area contributed by atoms with Crippen LogP contribution >= 0.6 is 0 Å². The Morgan fingerprint density at radius 2 is 0.717 bits per heavy atom. The summed E-state index contributed by atoms with van der Waals surface area (Å²) in [6.45, 7) is 4.02. The zero-order valence-electron chi connectivity index (χ0n) is 38.9. The van der Waals surface area contributed by atoms with Gasteiger partial charge in [-0.05, 0) is 77.0 Å². The number of rotatable bonds is 44. The summed E-state index contributed by atoms with van der Waals surface area (Å²) in [6.07, 6.45) is 70.6. The third kappa shape index (κ3) is 47.5. The molecule has 0 aromatic carbocycles. The first kappa shape index (κ1) is 56.8. The third-order valence-electron chi connectivity index (χ3n) is 10.4. The summed E-state index contributed by atoms with van der Waals surface area (Å²) in [5.41, 5.74) is 0. The van der Waals surface area contributed by atoms with Crippen LogP contribution in [0.1, 0.15) is 219 Å². The van der Waals surface area contributed by atoms with Crippen molar-refractivity contribution >= 4 is 11.9 Å². The lowest BCUT2D eigenvalue weighted by Gasteiger charge is -2.15. The van der Waals surface area contributed by atoms with Crippen LogP contribution in [-0.4, -0.2) is 36.4 Å². The highest BCUT2D eigenvalue weighted by Gasteiger charge is 2.16. The Bertz CT molecular complexity index is 1170. The number of esters is 2. The Labute approximate surface area is 370 Å². The van der Waals surface area contributed by atoms with Gasteiger partial charge in [0.05, 0.1) is 6.61 Å². The number of carbonyl (C=O) groups excluding carboxylic acids is 2. The molecule has 0 radical (unpaired) electrons. The molecule has 0 saturated carbocycles. The molecule has 0 bridgehead atoms. The van der Waals surface area contributed by atoms with Crippen LogP contribution in [-0.2, 0) is 19.1 Å². The van der Waals surface area contributed by atoms with Crippen molar-refractivity contribution in [3.63, 3.8) is 0 Å². The molecule has 0 aromatic rings. The average molecular weight is 833 g/mol. The maximum atomic E-state index is 12.3.